The average molecular weight is 658 g/mol. The standard InChI is InChI=1S/C38H47N3O7/c1-6-9-15-31(43)47-23-28(26-13-11-10-12-14-26)39-35(44)32-30-18-19-38(48-30)33(32)36(45)41(27(8-3)22-42)34(38)37(46)40(20-7-2)29-21-24(4)16-17-25(29)5/h6-7,10-14,16-17,21,27-28,30,32-34,42H,1-2,8-9,15,18-20,22-23H2,3-5H3,(H,39,44)/t27-,28-,30+,32-,33-,34+,38-/m0/s1. The minimum atomic E-state index is -1.25. The molecule has 48 heavy (non-hydrogen) atoms. The summed E-state index contributed by atoms with van der Waals surface area (Å²) in [5.41, 5.74) is 2.07. The van der Waals surface area contributed by atoms with Crippen LogP contribution in [0.4, 0.5) is 5.69 Å². The van der Waals surface area contributed by atoms with E-state index in [1.165, 1.54) is 4.90 Å². The first-order valence-electron chi connectivity index (χ1n) is 16.8. The van der Waals surface area contributed by atoms with Crippen LogP contribution in [0, 0.1) is 25.7 Å². The molecule has 2 N–H and O–H groups in total. The highest BCUT2D eigenvalue weighted by molar-refractivity contribution is 6.05. The summed E-state index contributed by atoms with van der Waals surface area (Å²) < 4.78 is 12.2. The van der Waals surface area contributed by atoms with E-state index in [1.807, 2.05) is 69.3 Å². The van der Waals surface area contributed by atoms with Crippen molar-refractivity contribution in [2.24, 2.45) is 11.8 Å². The summed E-state index contributed by atoms with van der Waals surface area (Å²) in [6.07, 6.45) is 4.69. The Kier molecular flexibility index (Phi) is 10.9. The van der Waals surface area contributed by atoms with Gasteiger partial charge in [0.25, 0.3) is 5.91 Å². The number of aryl methyl sites for hydroxylation is 2. The Morgan fingerprint density at radius 2 is 1.92 bits per heavy atom. The molecule has 7 atom stereocenters. The van der Waals surface area contributed by atoms with E-state index in [9.17, 15) is 24.3 Å². The Hall–Kier alpha value is -4.28. The van der Waals surface area contributed by atoms with Crippen LogP contribution in [0.5, 0.6) is 0 Å². The summed E-state index contributed by atoms with van der Waals surface area (Å²) in [7, 11) is 0. The van der Waals surface area contributed by atoms with Gasteiger partial charge in [-0.05, 0) is 62.3 Å². The maximum absolute atomic E-state index is 14.8. The third-order valence-electron chi connectivity index (χ3n) is 10.1. The molecule has 1 spiro atoms. The lowest BCUT2D eigenvalue weighted by molar-refractivity contribution is -0.146. The third-order valence-corrected chi connectivity index (χ3v) is 10.1. The molecule has 3 amide bonds. The van der Waals surface area contributed by atoms with Crippen molar-refractivity contribution in [3.8, 4) is 0 Å². The van der Waals surface area contributed by atoms with E-state index in [-0.39, 0.29) is 38.0 Å². The van der Waals surface area contributed by atoms with E-state index in [0.29, 0.717) is 31.4 Å². The lowest BCUT2D eigenvalue weighted by Crippen LogP contribution is -2.59. The molecular weight excluding hydrogens is 610 g/mol. The maximum Gasteiger partial charge on any atom is 0.306 e. The molecule has 2 aromatic rings. The number of allylic oxidation sites excluding steroid dienone is 1. The SMILES string of the molecule is C=CCCC(=O)OC[C@H](NC(=O)[C@@H]1[C@H]2C(=O)N([C@@H](CC)CO)[C@H](C(=O)N(CC=C)c3cc(C)ccc3C)[C@]23CC[C@H]1O3)c1ccccc1. The Labute approximate surface area is 282 Å². The first kappa shape index (κ1) is 35.0. The van der Waals surface area contributed by atoms with Crippen LogP contribution in [0.1, 0.15) is 61.8 Å². The van der Waals surface area contributed by atoms with Crippen LogP contribution >= 0.6 is 0 Å². The summed E-state index contributed by atoms with van der Waals surface area (Å²) in [4.78, 5) is 59.2. The van der Waals surface area contributed by atoms with E-state index >= 15 is 0 Å². The molecule has 3 fully saturated rings. The Balaban J connectivity index is 1.49. The second-order valence-corrected chi connectivity index (χ2v) is 13.1. The van der Waals surface area contributed by atoms with Gasteiger partial charge in [0.2, 0.25) is 11.8 Å². The van der Waals surface area contributed by atoms with E-state index in [4.69, 9.17) is 9.47 Å². The summed E-state index contributed by atoms with van der Waals surface area (Å²) in [6.45, 7) is 13.1. The number of anilines is 1. The number of esters is 1. The molecule has 3 aliphatic heterocycles. The maximum atomic E-state index is 14.8. The molecule has 2 aromatic carbocycles. The van der Waals surface area contributed by atoms with Gasteiger partial charge in [0.05, 0.1) is 36.6 Å². The van der Waals surface area contributed by atoms with Gasteiger partial charge < -0.3 is 29.7 Å². The van der Waals surface area contributed by atoms with Crippen LogP contribution in [0.2, 0.25) is 0 Å². The average Bonchev–Trinajstić information content (AvgIpc) is 3.74. The van der Waals surface area contributed by atoms with Crippen molar-refractivity contribution in [1.29, 1.82) is 0 Å². The van der Waals surface area contributed by atoms with E-state index in [2.05, 4.69) is 18.5 Å². The van der Waals surface area contributed by atoms with Crippen LogP contribution in [0.3, 0.4) is 0 Å². The first-order chi connectivity index (χ1) is 23.1. The molecule has 3 saturated heterocycles. The summed E-state index contributed by atoms with van der Waals surface area (Å²) >= 11 is 0. The number of hydrogen-bond donors (Lipinski definition) is 2. The number of amides is 3. The second-order valence-electron chi connectivity index (χ2n) is 13.1. The number of rotatable bonds is 15. The fourth-order valence-electron chi connectivity index (χ4n) is 7.71. The highest BCUT2D eigenvalue weighted by Crippen LogP contribution is 2.59. The Morgan fingerprint density at radius 1 is 1.17 bits per heavy atom. The van der Waals surface area contributed by atoms with Crippen molar-refractivity contribution >= 4 is 29.4 Å². The molecular formula is C38H47N3O7. The van der Waals surface area contributed by atoms with Gasteiger partial charge in [-0.25, -0.2) is 0 Å². The van der Waals surface area contributed by atoms with Gasteiger partial charge in [0.1, 0.15) is 18.2 Å². The number of aliphatic hydroxyl groups is 1. The minimum Gasteiger partial charge on any atom is -0.463 e. The monoisotopic (exact) mass is 657 g/mol. The van der Waals surface area contributed by atoms with Crippen LogP contribution in [0.15, 0.2) is 73.8 Å². The van der Waals surface area contributed by atoms with E-state index in [0.717, 1.165) is 16.7 Å². The first-order valence-corrected chi connectivity index (χ1v) is 16.8. The zero-order valence-corrected chi connectivity index (χ0v) is 28.1. The number of carbonyl (C=O) groups excluding carboxylic acids is 4. The van der Waals surface area contributed by atoms with Gasteiger partial charge in [-0.2, -0.15) is 0 Å². The van der Waals surface area contributed by atoms with Crippen LogP contribution in [-0.2, 0) is 28.7 Å². The molecule has 0 saturated carbocycles. The quantitative estimate of drug-likeness (QED) is 0.216. The predicted molar refractivity (Wildman–Crippen MR) is 182 cm³/mol. The third kappa shape index (κ3) is 6.43. The van der Waals surface area contributed by atoms with Crippen LogP contribution < -0.4 is 10.2 Å². The molecule has 0 unspecified atom stereocenters. The number of benzene rings is 2. The number of aliphatic hydroxyl groups excluding tert-OH is 1. The molecule has 0 radical (unpaired) electrons. The number of nitrogens with one attached hydrogen (secondary N) is 1. The van der Waals surface area contributed by atoms with E-state index < -0.39 is 53.5 Å². The Morgan fingerprint density at radius 3 is 2.58 bits per heavy atom. The summed E-state index contributed by atoms with van der Waals surface area (Å²) in [6, 6.07) is 12.7. The molecule has 3 aliphatic rings. The fourth-order valence-corrected chi connectivity index (χ4v) is 7.71. The molecule has 0 aromatic heterocycles. The zero-order valence-electron chi connectivity index (χ0n) is 28.1. The van der Waals surface area contributed by atoms with Crippen LogP contribution in [0.25, 0.3) is 0 Å². The van der Waals surface area contributed by atoms with Crippen molar-refractivity contribution in [3.05, 3.63) is 90.5 Å². The predicted octanol–water partition coefficient (Wildman–Crippen LogP) is 4.33. The van der Waals surface area contributed by atoms with Crippen molar-refractivity contribution in [2.75, 3.05) is 24.7 Å². The molecule has 3 heterocycles. The molecule has 5 rings (SSSR count). The number of nitrogens with zero attached hydrogens (tertiary/aromatic N) is 2. The van der Waals surface area contributed by atoms with Gasteiger partial charge in [-0.1, -0.05) is 61.5 Å². The highest BCUT2D eigenvalue weighted by atomic mass is 16.5. The summed E-state index contributed by atoms with van der Waals surface area (Å²) in [5, 5.41) is 13.5. The number of carbonyl (C=O) groups is 4. The topological polar surface area (TPSA) is 125 Å². The van der Waals surface area contributed by atoms with Gasteiger partial charge in [0.15, 0.2) is 0 Å². The van der Waals surface area contributed by atoms with Gasteiger partial charge in [-0.15, -0.1) is 13.2 Å². The minimum absolute atomic E-state index is 0.0876. The lowest BCUT2D eigenvalue weighted by atomic mass is 9.70. The van der Waals surface area contributed by atoms with Crippen molar-refractivity contribution < 1.29 is 33.8 Å². The number of likely N-dealkylation sites (tertiary alicyclic amines) is 1. The molecule has 2 bridgehead atoms. The number of ether oxygens (including phenoxy) is 2. The second kappa shape index (κ2) is 14.9. The smallest absolute Gasteiger partial charge is 0.306 e. The number of fused-ring (bicyclic) bond motifs is 1. The van der Waals surface area contributed by atoms with Crippen molar-refractivity contribution in [1.82, 2.24) is 10.2 Å². The van der Waals surface area contributed by atoms with Crippen molar-refractivity contribution in [3.63, 3.8) is 0 Å². The summed E-state index contributed by atoms with van der Waals surface area (Å²) in [5.74, 6) is -3.32. The molecule has 10 heteroatoms. The van der Waals surface area contributed by atoms with Crippen LogP contribution in [-0.4, -0.2) is 77.2 Å². The molecule has 0 aliphatic carbocycles. The molecule has 256 valence electrons. The van der Waals surface area contributed by atoms with Gasteiger partial charge in [-0.3, -0.25) is 19.2 Å². The van der Waals surface area contributed by atoms with Gasteiger partial charge >= 0.3 is 5.97 Å². The van der Waals surface area contributed by atoms with Gasteiger partial charge in [0, 0.05) is 18.7 Å². The molecule has 10 nitrogen and oxygen atoms in total. The fraction of sp³-hybridized carbons (Fsp3) is 0.474. The highest BCUT2D eigenvalue weighted by Gasteiger charge is 2.75. The van der Waals surface area contributed by atoms with E-state index in [1.54, 1.807) is 17.1 Å². The Bertz CT molecular complexity index is 1540. The zero-order chi connectivity index (χ0) is 34.6. The lowest BCUT2D eigenvalue weighted by Gasteiger charge is -2.39. The number of hydrogen-bond acceptors (Lipinski definition) is 7. The largest absolute Gasteiger partial charge is 0.463 e. The van der Waals surface area contributed by atoms with Crippen molar-refractivity contribution in [2.45, 2.75) is 82.7 Å². The normalized spacial score (nSPS) is 25.2.